The SMILES string of the molecule is CC[Si](CC)(CC)CCO.CC[Si](O)(O)CC. The van der Waals surface area contributed by atoms with Crippen molar-refractivity contribution in [2.45, 2.75) is 70.9 Å². The molecule has 0 aromatic rings. The molecule has 0 saturated carbocycles. The lowest BCUT2D eigenvalue weighted by atomic mass is 10.8. The summed E-state index contributed by atoms with van der Waals surface area (Å²) in [5.41, 5.74) is 0. The van der Waals surface area contributed by atoms with E-state index in [1.54, 1.807) is 13.8 Å². The van der Waals surface area contributed by atoms with Crippen LogP contribution in [0.2, 0.25) is 36.3 Å². The minimum atomic E-state index is -2.65. The van der Waals surface area contributed by atoms with Crippen LogP contribution in [0.4, 0.5) is 0 Å². The standard InChI is InChI=1S/C8H20OSi.C4H12O2Si/c1-4-10(5-2,6-3)8-7-9;1-3-7(5,6)4-2/h9H,4-8H2,1-3H3;5-6H,3-4H2,1-2H3. The maximum absolute atomic E-state index is 8.83. The molecule has 0 aliphatic carbocycles. The van der Waals surface area contributed by atoms with Crippen molar-refractivity contribution in [1.82, 2.24) is 0 Å². The van der Waals surface area contributed by atoms with Gasteiger partial charge in [0, 0.05) is 6.61 Å². The lowest BCUT2D eigenvalue weighted by molar-refractivity contribution is 0.316. The Morgan fingerprint density at radius 1 is 0.706 bits per heavy atom. The zero-order valence-electron chi connectivity index (χ0n) is 12.3. The number of hydrogen-bond acceptors (Lipinski definition) is 3. The summed E-state index contributed by atoms with van der Waals surface area (Å²) in [6.45, 7) is 10.8. The van der Waals surface area contributed by atoms with Gasteiger partial charge in [0.25, 0.3) is 0 Å². The molecule has 0 fully saturated rings. The third kappa shape index (κ3) is 8.96. The van der Waals surface area contributed by atoms with E-state index in [1.165, 1.54) is 18.1 Å². The molecule has 0 spiro atoms. The van der Waals surface area contributed by atoms with Gasteiger partial charge in [-0.3, -0.25) is 0 Å². The first-order valence-electron chi connectivity index (χ1n) is 6.92. The van der Waals surface area contributed by atoms with Crippen molar-refractivity contribution in [1.29, 1.82) is 0 Å². The van der Waals surface area contributed by atoms with Crippen LogP contribution in [0.3, 0.4) is 0 Å². The van der Waals surface area contributed by atoms with Gasteiger partial charge < -0.3 is 14.7 Å². The molecule has 0 aliphatic rings. The average molecular weight is 281 g/mol. The van der Waals surface area contributed by atoms with Crippen molar-refractivity contribution < 1.29 is 14.7 Å². The van der Waals surface area contributed by atoms with E-state index >= 15 is 0 Å². The van der Waals surface area contributed by atoms with Crippen LogP contribution in [0, 0.1) is 0 Å². The van der Waals surface area contributed by atoms with Crippen molar-refractivity contribution in [2.24, 2.45) is 0 Å². The van der Waals surface area contributed by atoms with Crippen LogP contribution in [0.15, 0.2) is 0 Å². The maximum atomic E-state index is 8.83. The fourth-order valence-corrected chi connectivity index (χ4v) is 5.30. The Labute approximate surface area is 109 Å². The number of aliphatic hydroxyl groups is 1. The summed E-state index contributed by atoms with van der Waals surface area (Å²) in [6.07, 6.45) is 0. The Bertz CT molecular complexity index is 157. The molecule has 17 heavy (non-hydrogen) atoms. The van der Waals surface area contributed by atoms with Crippen molar-refractivity contribution >= 4 is 16.6 Å². The van der Waals surface area contributed by atoms with Crippen molar-refractivity contribution in [2.75, 3.05) is 6.61 Å². The van der Waals surface area contributed by atoms with Gasteiger partial charge in [-0.05, 0) is 18.1 Å². The van der Waals surface area contributed by atoms with Gasteiger partial charge in [-0.1, -0.05) is 52.8 Å². The van der Waals surface area contributed by atoms with Crippen LogP contribution in [0.1, 0.15) is 34.6 Å². The number of aliphatic hydroxyl groups excluding tert-OH is 1. The monoisotopic (exact) mass is 280 g/mol. The molecule has 0 aromatic carbocycles. The molecule has 0 aliphatic heterocycles. The van der Waals surface area contributed by atoms with Gasteiger partial charge in [-0.2, -0.15) is 0 Å². The van der Waals surface area contributed by atoms with Crippen LogP contribution in [0.25, 0.3) is 0 Å². The molecule has 3 N–H and O–H groups in total. The molecule has 0 saturated heterocycles. The van der Waals surface area contributed by atoms with E-state index in [-0.39, 0.29) is 0 Å². The highest BCUT2D eigenvalue weighted by atomic mass is 28.4. The second-order valence-corrected chi connectivity index (χ2v) is 13.7. The first-order valence-corrected chi connectivity index (χ1v) is 12.1. The summed E-state index contributed by atoms with van der Waals surface area (Å²) in [4.78, 5) is 17.7. The third-order valence-corrected chi connectivity index (χ3v) is 12.1. The molecule has 0 radical (unpaired) electrons. The minimum absolute atomic E-state index is 0.405. The van der Waals surface area contributed by atoms with Crippen LogP contribution in [-0.2, 0) is 0 Å². The first kappa shape index (κ1) is 19.6. The van der Waals surface area contributed by atoms with E-state index in [0.717, 1.165) is 6.04 Å². The average Bonchev–Trinajstić information content (AvgIpc) is 2.37. The zero-order chi connectivity index (χ0) is 13.9. The first-order chi connectivity index (χ1) is 7.86. The summed E-state index contributed by atoms with van der Waals surface area (Å²) >= 11 is 0. The Kier molecular flexibility index (Phi) is 11.9. The van der Waals surface area contributed by atoms with Crippen molar-refractivity contribution in [3.63, 3.8) is 0 Å². The highest BCUT2D eigenvalue weighted by Crippen LogP contribution is 2.23. The quantitative estimate of drug-likeness (QED) is 0.628. The Morgan fingerprint density at radius 3 is 1.12 bits per heavy atom. The topological polar surface area (TPSA) is 60.7 Å². The maximum Gasteiger partial charge on any atom is 0.332 e. The van der Waals surface area contributed by atoms with Gasteiger partial charge in [-0.25, -0.2) is 0 Å². The largest absolute Gasteiger partial charge is 0.411 e. The predicted octanol–water partition coefficient (Wildman–Crippen LogP) is 2.94. The molecule has 106 valence electrons. The van der Waals surface area contributed by atoms with E-state index in [9.17, 15) is 0 Å². The normalized spacial score (nSPS) is 12.0. The molecule has 0 rings (SSSR count). The minimum Gasteiger partial charge on any atom is -0.411 e. The van der Waals surface area contributed by atoms with Gasteiger partial charge >= 0.3 is 8.56 Å². The van der Waals surface area contributed by atoms with Gasteiger partial charge in [-0.15, -0.1) is 0 Å². The van der Waals surface area contributed by atoms with E-state index in [2.05, 4.69) is 20.8 Å². The van der Waals surface area contributed by atoms with E-state index in [0.29, 0.717) is 18.7 Å². The molecule has 0 atom stereocenters. The second kappa shape index (κ2) is 10.3. The van der Waals surface area contributed by atoms with E-state index in [4.69, 9.17) is 14.7 Å². The van der Waals surface area contributed by atoms with Gasteiger partial charge in [0.05, 0.1) is 8.07 Å². The van der Waals surface area contributed by atoms with E-state index < -0.39 is 16.6 Å². The Hall–Kier alpha value is 0.314. The lowest BCUT2D eigenvalue weighted by Crippen LogP contribution is -2.31. The zero-order valence-corrected chi connectivity index (χ0v) is 14.3. The molecule has 0 heterocycles. The van der Waals surface area contributed by atoms with Crippen LogP contribution in [0.5, 0.6) is 0 Å². The second-order valence-electron chi connectivity index (χ2n) is 4.72. The predicted molar refractivity (Wildman–Crippen MR) is 80.2 cm³/mol. The van der Waals surface area contributed by atoms with Crippen molar-refractivity contribution in [3.8, 4) is 0 Å². The van der Waals surface area contributed by atoms with Crippen molar-refractivity contribution in [3.05, 3.63) is 0 Å². The van der Waals surface area contributed by atoms with Crippen LogP contribution in [-0.4, -0.2) is 37.9 Å². The number of rotatable bonds is 7. The molecule has 0 amide bonds. The van der Waals surface area contributed by atoms with Crippen LogP contribution >= 0.6 is 0 Å². The molecule has 0 aromatic heterocycles. The summed E-state index contributed by atoms with van der Waals surface area (Å²) < 4.78 is 0. The van der Waals surface area contributed by atoms with Gasteiger partial charge in [0.2, 0.25) is 0 Å². The smallest absolute Gasteiger partial charge is 0.332 e. The van der Waals surface area contributed by atoms with Gasteiger partial charge in [0.1, 0.15) is 0 Å². The fourth-order valence-electron chi connectivity index (χ4n) is 1.77. The molecule has 5 heteroatoms. The summed E-state index contributed by atoms with van der Waals surface area (Å²) in [5.74, 6) is 0. The number of hydrogen-bond donors (Lipinski definition) is 3. The highest BCUT2D eigenvalue weighted by molar-refractivity contribution is 6.79. The molecular weight excluding hydrogens is 248 g/mol. The van der Waals surface area contributed by atoms with E-state index in [1.807, 2.05) is 0 Å². The van der Waals surface area contributed by atoms with Crippen LogP contribution < -0.4 is 0 Å². The summed E-state index contributed by atoms with van der Waals surface area (Å²) in [5, 5.41) is 8.83. The fraction of sp³-hybridized carbons (Fsp3) is 1.00. The summed E-state index contributed by atoms with van der Waals surface area (Å²) in [6, 6.07) is 6.20. The van der Waals surface area contributed by atoms with Gasteiger partial charge in [0.15, 0.2) is 0 Å². The summed E-state index contributed by atoms with van der Waals surface area (Å²) in [7, 11) is -3.62. The Balaban J connectivity index is 0. The molecule has 0 bridgehead atoms. The molecule has 3 nitrogen and oxygen atoms in total. The highest BCUT2D eigenvalue weighted by Gasteiger charge is 2.25. The lowest BCUT2D eigenvalue weighted by Gasteiger charge is -2.26. The third-order valence-electron chi connectivity index (χ3n) is 4.02. The Morgan fingerprint density at radius 2 is 1.06 bits per heavy atom. The molecule has 0 unspecified atom stereocenters. The molecular formula is C12H32O3Si2.